The van der Waals surface area contributed by atoms with E-state index in [9.17, 15) is 9.59 Å². The summed E-state index contributed by atoms with van der Waals surface area (Å²) in [6.07, 6.45) is 2.25. The number of ether oxygens (including phenoxy) is 1. The van der Waals surface area contributed by atoms with Gasteiger partial charge in [0, 0.05) is 18.3 Å². The summed E-state index contributed by atoms with van der Waals surface area (Å²) in [6.45, 7) is 8.82. The lowest BCUT2D eigenvalue weighted by atomic mass is 9.90. The lowest BCUT2D eigenvalue weighted by Gasteiger charge is -2.47. The van der Waals surface area contributed by atoms with Crippen molar-refractivity contribution in [1.29, 1.82) is 0 Å². The maximum absolute atomic E-state index is 12.9. The Bertz CT molecular complexity index is 1010. The third kappa shape index (κ3) is 3.54. The van der Waals surface area contributed by atoms with E-state index in [4.69, 9.17) is 9.16 Å². The number of rotatable bonds is 6. The number of carbonyl (C=O) groups is 2. The molecule has 1 heterocycles. The van der Waals surface area contributed by atoms with Gasteiger partial charge in [-0.3, -0.25) is 4.79 Å². The monoisotopic (exact) mass is 477 g/mol. The van der Waals surface area contributed by atoms with Crippen LogP contribution in [0.1, 0.15) is 53.4 Å². The summed E-state index contributed by atoms with van der Waals surface area (Å²) < 4.78 is 13.2. The molecule has 3 aliphatic rings. The van der Waals surface area contributed by atoms with Gasteiger partial charge in [-0.15, -0.1) is 0 Å². The minimum Gasteiger partial charge on any atom is -0.443 e. The number of hydrogen-bond acceptors (Lipinski definition) is 4. The molecule has 2 amide bonds. The van der Waals surface area contributed by atoms with Gasteiger partial charge in [0.05, 0.1) is 12.1 Å². The Kier molecular flexibility index (Phi) is 5.93. The second-order valence-corrected chi connectivity index (χ2v) is 15.3. The second-order valence-electron chi connectivity index (χ2n) is 11.1. The number of benzene rings is 2. The van der Waals surface area contributed by atoms with E-state index in [0.29, 0.717) is 6.42 Å². The van der Waals surface area contributed by atoms with Crippen LogP contribution >= 0.6 is 0 Å². The van der Waals surface area contributed by atoms with Crippen molar-refractivity contribution >= 4 is 30.7 Å². The Morgan fingerprint density at radius 1 is 1.03 bits per heavy atom. The lowest BCUT2D eigenvalue weighted by molar-refractivity contribution is -0.130. The number of fused-ring (bicyclic) bond motifs is 5. The molecule has 2 aromatic carbocycles. The van der Waals surface area contributed by atoms with Crippen LogP contribution in [0.25, 0.3) is 0 Å². The molecule has 0 N–H and O–H groups in total. The highest BCUT2D eigenvalue weighted by Gasteiger charge is 2.64. The van der Waals surface area contributed by atoms with E-state index in [-0.39, 0.29) is 41.0 Å². The molecule has 2 aromatic rings. The Morgan fingerprint density at radius 2 is 1.62 bits per heavy atom. The predicted octanol–water partition coefficient (Wildman–Crippen LogP) is 4.49. The highest BCUT2D eigenvalue weighted by Crippen LogP contribution is 2.54. The van der Waals surface area contributed by atoms with E-state index >= 15 is 0 Å². The van der Waals surface area contributed by atoms with Crippen LogP contribution in [0.4, 0.5) is 4.79 Å². The summed E-state index contributed by atoms with van der Waals surface area (Å²) in [4.78, 5) is 27.0. The molecule has 0 unspecified atom stereocenters. The quantitative estimate of drug-likeness (QED) is 0.576. The Hall–Kier alpha value is -2.44. The van der Waals surface area contributed by atoms with Gasteiger partial charge < -0.3 is 9.16 Å². The zero-order valence-electron chi connectivity index (χ0n) is 20.6. The molecule has 2 aliphatic carbocycles. The van der Waals surface area contributed by atoms with E-state index in [1.165, 1.54) is 15.3 Å². The van der Waals surface area contributed by atoms with E-state index < -0.39 is 14.4 Å². The molecule has 1 saturated heterocycles. The number of carbonyl (C=O) groups excluding carboxylic acids is 2. The molecule has 2 saturated carbocycles. The van der Waals surface area contributed by atoms with Crippen molar-refractivity contribution in [3.63, 3.8) is 0 Å². The van der Waals surface area contributed by atoms with Gasteiger partial charge in [-0.05, 0) is 34.7 Å². The molecule has 0 aromatic heterocycles. The first-order valence-corrected chi connectivity index (χ1v) is 14.5. The van der Waals surface area contributed by atoms with Gasteiger partial charge in [-0.2, -0.15) is 0 Å². The standard InChI is InChI=1S/C28H35NO4Si/c1-5-12-24(30)29-25-22-17-19(26(25)32-27(29)31)18-23(22)33-34(28(2,3)4,20-13-8-6-9-14-20)21-15-10-7-11-16-21/h6-11,13-16,19,22-23,25-26H,5,12,17-18H2,1-4H3/t19-,22+,23-,25-,26+/m0/s1. The topological polar surface area (TPSA) is 55.8 Å². The number of hydrogen-bond donors (Lipinski definition) is 0. The number of nitrogens with zero attached hydrogens (tertiary/aromatic N) is 1. The van der Waals surface area contributed by atoms with Crippen molar-refractivity contribution in [2.75, 3.05) is 0 Å². The van der Waals surface area contributed by atoms with E-state index in [1.807, 2.05) is 6.92 Å². The van der Waals surface area contributed by atoms with Crippen LogP contribution in [-0.4, -0.2) is 43.5 Å². The maximum Gasteiger partial charge on any atom is 0.417 e. The molecule has 5 nitrogen and oxygen atoms in total. The minimum atomic E-state index is -2.71. The van der Waals surface area contributed by atoms with E-state index in [0.717, 1.165) is 19.3 Å². The molecule has 1 aliphatic heterocycles. The average molecular weight is 478 g/mol. The van der Waals surface area contributed by atoms with Crippen molar-refractivity contribution in [1.82, 2.24) is 4.90 Å². The first-order valence-electron chi connectivity index (χ1n) is 12.6. The SMILES string of the molecule is CCCC(=O)N1C(=O)O[C@@H]2[C@H]3C[C@@H]([C@@H]21)[C@@H](O[Si](c1ccccc1)(c1ccccc1)C(C)(C)C)C3. The van der Waals surface area contributed by atoms with Crippen molar-refractivity contribution in [3.05, 3.63) is 60.7 Å². The van der Waals surface area contributed by atoms with Gasteiger partial charge in [0.15, 0.2) is 0 Å². The van der Waals surface area contributed by atoms with Crippen LogP contribution in [0.5, 0.6) is 0 Å². The number of amides is 2. The maximum atomic E-state index is 12.9. The fourth-order valence-corrected chi connectivity index (χ4v) is 11.4. The van der Waals surface area contributed by atoms with Crippen LogP contribution in [0.2, 0.25) is 5.04 Å². The largest absolute Gasteiger partial charge is 0.443 e. The van der Waals surface area contributed by atoms with Crippen molar-refractivity contribution < 1.29 is 18.8 Å². The molecule has 0 radical (unpaired) electrons. The molecule has 0 spiro atoms. The fourth-order valence-electron chi connectivity index (χ4n) is 6.68. The van der Waals surface area contributed by atoms with Gasteiger partial charge in [0.2, 0.25) is 5.91 Å². The summed E-state index contributed by atoms with van der Waals surface area (Å²) in [5.41, 5.74) is 0. The van der Waals surface area contributed by atoms with Gasteiger partial charge in [0.25, 0.3) is 8.32 Å². The first-order chi connectivity index (χ1) is 16.3. The molecule has 180 valence electrons. The molecule has 34 heavy (non-hydrogen) atoms. The highest BCUT2D eigenvalue weighted by atomic mass is 28.4. The Labute approximate surface area is 203 Å². The molecule has 5 atom stereocenters. The average Bonchev–Trinajstić information content (AvgIpc) is 3.48. The summed E-state index contributed by atoms with van der Waals surface area (Å²) in [5, 5.41) is 2.40. The molecule has 6 heteroatoms. The van der Waals surface area contributed by atoms with Gasteiger partial charge in [-0.25, -0.2) is 9.69 Å². The van der Waals surface area contributed by atoms with Crippen molar-refractivity contribution in [2.45, 2.75) is 76.7 Å². The lowest BCUT2D eigenvalue weighted by Crippen LogP contribution is -2.68. The van der Waals surface area contributed by atoms with Gasteiger partial charge in [-0.1, -0.05) is 88.4 Å². The minimum absolute atomic E-state index is 0.0102. The third-order valence-corrected chi connectivity index (χ3v) is 13.1. The zero-order valence-corrected chi connectivity index (χ0v) is 21.6. The van der Waals surface area contributed by atoms with E-state index in [1.54, 1.807) is 0 Å². The molecule has 3 fully saturated rings. The van der Waals surface area contributed by atoms with Crippen molar-refractivity contribution in [3.8, 4) is 0 Å². The normalized spacial score (nSPS) is 28.2. The summed E-state index contributed by atoms with van der Waals surface area (Å²) in [7, 11) is -2.71. The van der Waals surface area contributed by atoms with Crippen molar-refractivity contribution in [2.24, 2.45) is 11.8 Å². The van der Waals surface area contributed by atoms with E-state index in [2.05, 4.69) is 81.4 Å². The summed E-state index contributed by atoms with van der Waals surface area (Å²) in [6, 6.07) is 21.1. The third-order valence-electron chi connectivity index (χ3n) is 8.04. The Morgan fingerprint density at radius 3 is 2.15 bits per heavy atom. The van der Waals surface area contributed by atoms with Crippen LogP contribution in [0.3, 0.4) is 0 Å². The second kappa shape index (κ2) is 8.65. The highest BCUT2D eigenvalue weighted by molar-refractivity contribution is 6.99. The van der Waals surface area contributed by atoms with Crippen LogP contribution in [0, 0.1) is 11.8 Å². The summed E-state index contributed by atoms with van der Waals surface area (Å²) in [5.74, 6) is 0.252. The fraction of sp³-hybridized carbons (Fsp3) is 0.500. The smallest absolute Gasteiger partial charge is 0.417 e. The first kappa shape index (κ1) is 23.3. The van der Waals surface area contributed by atoms with Crippen LogP contribution < -0.4 is 10.4 Å². The number of imide groups is 1. The molecular formula is C28H35NO4Si. The molecular weight excluding hydrogens is 442 g/mol. The Balaban J connectivity index is 1.55. The van der Waals surface area contributed by atoms with Gasteiger partial charge in [0.1, 0.15) is 6.10 Å². The van der Waals surface area contributed by atoms with Crippen LogP contribution in [-0.2, 0) is 14.0 Å². The molecule has 2 bridgehead atoms. The van der Waals surface area contributed by atoms with Crippen LogP contribution in [0.15, 0.2) is 60.7 Å². The summed E-state index contributed by atoms with van der Waals surface area (Å²) >= 11 is 0. The molecule has 5 rings (SSSR count). The predicted molar refractivity (Wildman–Crippen MR) is 135 cm³/mol. The zero-order chi connectivity index (χ0) is 24.1. The van der Waals surface area contributed by atoms with Gasteiger partial charge >= 0.3 is 6.09 Å².